The maximum atomic E-state index is 12.4. The zero-order chi connectivity index (χ0) is 21.0. The normalized spacial score (nSPS) is 12.2. The van der Waals surface area contributed by atoms with Crippen LogP contribution in [0.2, 0.25) is 0 Å². The summed E-state index contributed by atoms with van der Waals surface area (Å²) in [7, 11) is -4.02. The first-order valence-corrected chi connectivity index (χ1v) is 9.96. The first-order chi connectivity index (χ1) is 13.8. The minimum absolute atomic E-state index is 0.215. The highest BCUT2D eigenvalue weighted by Gasteiger charge is 2.18. The topological polar surface area (TPSA) is 132 Å². The summed E-state index contributed by atoms with van der Waals surface area (Å²) in [6.45, 7) is 1.78. The Morgan fingerprint density at radius 2 is 1.83 bits per heavy atom. The minimum Gasteiger partial charge on any atom is -0.467 e. The van der Waals surface area contributed by atoms with E-state index in [2.05, 4.69) is 10.0 Å². The zero-order valence-corrected chi connectivity index (χ0v) is 16.0. The number of nitro groups is 1. The zero-order valence-electron chi connectivity index (χ0n) is 15.2. The van der Waals surface area contributed by atoms with Crippen LogP contribution < -0.4 is 10.0 Å². The van der Waals surface area contributed by atoms with Crippen LogP contribution in [0.15, 0.2) is 76.2 Å². The van der Waals surface area contributed by atoms with Crippen LogP contribution in [0, 0.1) is 10.1 Å². The average Bonchev–Trinajstić information content (AvgIpc) is 3.23. The van der Waals surface area contributed by atoms with E-state index < -0.39 is 14.9 Å². The van der Waals surface area contributed by atoms with E-state index in [1.165, 1.54) is 48.7 Å². The van der Waals surface area contributed by atoms with Gasteiger partial charge in [-0.3, -0.25) is 19.6 Å². The molecule has 3 rings (SSSR count). The van der Waals surface area contributed by atoms with Gasteiger partial charge in [0.2, 0.25) is 0 Å². The predicted molar refractivity (Wildman–Crippen MR) is 105 cm³/mol. The quantitative estimate of drug-likeness (QED) is 0.448. The van der Waals surface area contributed by atoms with Gasteiger partial charge in [0.1, 0.15) is 5.76 Å². The molecular weight excluding hydrogens is 398 g/mol. The molecular formula is C19H17N3O6S. The molecule has 1 heterocycles. The Kier molecular flexibility index (Phi) is 5.64. The molecule has 1 aromatic heterocycles. The Hall–Kier alpha value is -3.66. The fraction of sp³-hybridized carbons (Fsp3) is 0.105. The second kappa shape index (κ2) is 8.15. The molecule has 0 spiro atoms. The summed E-state index contributed by atoms with van der Waals surface area (Å²) in [6.07, 6.45) is 1.51. The Balaban J connectivity index is 1.70. The second-order valence-corrected chi connectivity index (χ2v) is 7.83. The van der Waals surface area contributed by atoms with Crippen molar-refractivity contribution in [3.8, 4) is 0 Å². The Morgan fingerprint density at radius 1 is 1.10 bits per heavy atom. The summed E-state index contributed by atoms with van der Waals surface area (Å²) < 4.78 is 32.5. The molecule has 0 aliphatic heterocycles. The van der Waals surface area contributed by atoms with Crippen molar-refractivity contribution in [2.75, 3.05) is 4.72 Å². The van der Waals surface area contributed by atoms with Crippen molar-refractivity contribution in [2.24, 2.45) is 0 Å². The van der Waals surface area contributed by atoms with Crippen molar-refractivity contribution >= 4 is 27.3 Å². The first-order valence-electron chi connectivity index (χ1n) is 8.48. The first kappa shape index (κ1) is 20.1. The number of nitro benzene ring substituents is 1. The van der Waals surface area contributed by atoms with Crippen LogP contribution in [0.3, 0.4) is 0 Å². The van der Waals surface area contributed by atoms with Gasteiger partial charge >= 0.3 is 0 Å². The fourth-order valence-electron chi connectivity index (χ4n) is 2.56. The van der Waals surface area contributed by atoms with Crippen LogP contribution >= 0.6 is 0 Å². The molecule has 0 bridgehead atoms. The number of hydrogen-bond acceptors (Lipinski definition) is 6. The van der Waals surface area contributed by atoms with Crippen LogP contribution in [-0.2, 0) is 10.0 Å². The van der Waals surface area contributed by atoms with Crippen molar-refractivity contribution in [1.82, 2.24) is 5.32 Å². The third-order valence-electron chi connectivity index (χ3n) is 4.06. The number of nitrogens with one attached hydrogen (secondary N) is 2. The van der Waals surface area contributed by atoms with Crippen LogP contribution in [0.25, 0.3) is 0 Å². The van der Waals surface area contributed by atoms with E-state index in [0.717, 1.165) is 6.07 Å². The van der Waals surface area contributed by atoms with Crippen molar-refractivity contribution < 1.29 is 22.6 Å². The van der Waals surface area contributed by atoms with E-state index in [-0.39, 0.29) is 28.2 Å². The van der Waals surface area contributed by atoms with Crippen LogP contribution in [0.5, 0.6) is 0 Å². The molecule has 10 heteroatoms. The van der Waals surface area contributed by atoms with Gasteiger partial charge in [0.05, 0.1) is 22.1 Å². The highest BCUT2D eigenvalue weighted by atomic mass is 32.2. The lowest BCUT2D eigenvalue weighted by Gasteiger charge is -2.12. The molecule has 150 valence electrons. The van der Waals surface area contributed by atoms with E-state index >= 15 is 0 Å². The van der Waals surface area contributed by atoms with Gasteiger partial charge in [-0.25, -0.2) is 8.42 Å². The molecule has 9 nitrogen and oxygen atoms in total. The molecule has 0 aliphatic carbocycles. The third kappa shape index (κ3) is 4.79. The smallest absolute Gasteiger partial charge is 0.270 e. The van der Waals surface area contributed by atoms with Gasteiger partial charge in [0.25, 0.3) is 21.6 Å². The largest absolute Gasteiger partial charge is 0.467 e. The molecule has 2 aromatic carbocycles. The van der Waals surface area contributed by atoms with Crippen molar-refractivity contribution in [2.45, 2.75) is 17.9 Å². The molecule has 0 aliphatic rings. The van der Waals surface area contributed by atoms with E-state index in [0.29, 0.717) is 11.3 Å². The number of amides is 1. The maximum Gasteiger partial charge on any atom is 0.270 e. The van der Waals surface area contributed by atoms with Gasteiger partial charge < -0.3 is 9.73 Å². The molecule has 1 amide bonds. The number of benzene rings is 2. The van der Waals surface area contributed by atoms with Crippen molar-refractivity contribution in [1.29, 1.82) is 0 Å². The van der Waals surface area contributed by atoms with Gasteiger partial charge in [-0.1, -0.05) is 6.07 Å². The molecule has 0 saturated carbocycles. The highest BCUT2D eigenvalue weighted by Crippen LogP contribution is 2.21. The monoisotopic (exact) mass is 415 g/mol. The van der Waals surface area contributed by atoms with E-state index in [9.17, 15) is 23.3 Å². The van der Waals surface area contributed by atoms with Crippen LogP contribution in [0.4, 0.5) is 11.4 Å². The summed E-state index contributed by atoms with van der Waals surface area (Å²) in [4.78, 5) is 22.2. The number of hydrogen-bond donors (Lipinski definition) is 2. The molecule has 0 radical (unpaired) electrons. The molecule has 3 aromatic rings. The summed E-state index contributed by atoms with van der Waals surface area (Å²) in [5.41, 5.74) is 0.222. The molecule has 0 unspecified atom stereocenters. The standard InChI is InChI=1S/C19H17N3O6S/c1-13(18-6-3-11-28-18)20-19(23)14-7-9-15(10-8-14)21-29(26,27)17-5-2-4-16(12-17)22(24)25/h2-13,21H,1H3,(H,20,23)/t13-/m1/s1. The number of carbonyl (C=O) groups is 1. The molecule has 1 atom stereocenters. The van der Waals surface area contributed by atoms with Crippen LogP contribution in [0.1, 0.15) is 29.1 Å². The second-order valence-electron chi connectivity index (χ2n) is 6.15. The van der Waals surface area contributed by atoms with E-state index in [1.54, 1.807) is 19.1 Å². The summed E-state index contributed by atoms with van der Waals surface area (Å²) in [5, 5.41) is 13.6. The predicted octanol–water partition coefficient (Wildman–Crippen LogP) is 3.48. The third-order valence-corrected chi connectivity index (χ3v) is 5.43. The number of rotatable bonds is 7. The lowest BCUT2D eigenvalue weighted by molar-refractivity contribution is -0.385. The Morgan fingerprint density at radius 3 is 2.45 bits per heavy atom. The number of carbonyl (C=O) groups excluding carboxylic acids is 1. The van der Waals surface area contributed by atoms with E-state index in [4.69, 9.17) is 4.42 Å². The average molecular weight is 415 g/mol. The molecule has 0 saturated heterocycles. The summed E-state index contributed by atoms with van der Waals surface area (Å²) in [6, 6.07) is 13.7. The van der Waals surface area contributed by atoms with Gasteiger partial charge in [-0.2, -0.15) is 0 Å². The SMILES string of the molecule is C[C@@H](NC(=O)c1ccc(NS(=O)(=O)c2cccc([N+](=O)[O-])c2)cc1)c1ccco1. The Labute approximate surface area is 166 Å². The van der Waals surface area contributed by atoms with Gasteiger partial charge in [0, 0.05) is 23.4 Å². The van der Waals surface area contributed by atoms with Crippen LogP contribution in [-0.4, -0.2) is 19.2 Å². The summed E-state index contributed by atoms with van der Waals surface area (Å²) in [5.74, 6) is 0.265. The van der Waals surface area contributed by atoms with Gasteiger partial charge in [-0.05, 0) is 49.4 Å². The van der Waals surface area contributed by atoms with Gasteiger partial charge in [-0.15, -0.1) is 0 Å². The number of nitrogens with zero attached hydrogens (tertiary/aromatic N) is 1. The maximum absolute atomic E-state index is 12.4. The fourth-order valence-corrected chi connectivity index (χ4v) is 3.65. The number of non-ortho nitro benzene ring substituents is 1. The number of sulfonamides is 1. The number of anilines is 1. The van der Waals surface area contributed by atoms with Crippen molar-refractivity contribution in [3.63, 3.8) is 0 Å². The number of furan rings is 1. The van der Waals surface area contributed by atoms with Crippen molar-refractivity contribution in [3.05, 3.63) is 88.4 Å². The molecule has 0 fully saturated rings. The molecule has 29 heavy (non-hydrogen) atoms. The minimum atomic E-state index is -4.02. The highest BCUT2D eigenvalue weighted by molar-refractivity contribution is 7.92. The summed E-state index contributed by atoms with van der Waals surface area (Å²) >= 11 is 0. The lowest BCUT2D eigenvalue weighted by Crippen LogP contribution is -2.26. The van der Waals surface area contributed by atoms with E-state index in [1.807, 2.05) is 0 Å². The lowest BCUT2D eigenvalue weighted by atomic mass is 10.1. The van der Waals surface area contributed by atoms with Gasteiger partial charge in [0.15, 0.2) is 0 Å². The Bertz CT molecular complexity index is 1130. The molecule has 2 N–H and O–H groups in total.